The zero-order valence-corrected chi connectivity index (χ0v) is 18.9. The van der Waals surface area contributed by atoms with Gasteiger partial charge in [0.25, 0.3) is 5.91 Å². The topological polar surface area (TPSA) is 56.8 Å². The molecule has 2 amide bonds. The minimum atomic E-state index is 0.0218. The molecule has 0 N–H and O–H groups in total. The molecule has 2 aliphatic heterocycles. The molecule has 5 rings (SSSR count). The number of rotatable bonds is 3. The lowest BCUT2D eigenvalue weighted by atomic mass is 9.73. The highest BCUT2D eigenvalue weighted by atomic mass is 16.2. The van der Waals surface area contributed by atoms with Gasteiger partial charge in [0.15, 0.2) is 0 Å². The van der Waals surface area contributed by atoms with Gasteiger partial charge in [-0.3, -0.25) is 14.6 Å². The minimum absolute atomic E-state index is 0.0218. The number of likely N-dealkylation sites (N-methyl/N-ethyl adjacent to an activating group) is 1. The molecule has 3 heterocycles. The molecule has 1 aliphatic carbocycles. The lowest BCUT2D eigenvalue weighted by Crippen LogP contribution is -2.47. The van der Waals surface area contributed by atoms with Gasteiger partial charge in [-0.05, 0) is 60.9 Å². The maximum atomic E-state index is 13.1. The number of amides is 2. The van der Waals surface area contributed by atoms with Crippen molar-refractivity contribution in [3.8, 4) is 0 Å². The molecule has 6 nitrogen and oxygen atoms in total. The van der Waals surface area contributed by atoms with Gasteiger partial charge in [-0.1, -0.05) is 30.3 Å². The number of hydrogen-bond donors (Lipinski definition) is 0. The lowest BCUT2D eigenvalue weighted by molar-refractivity contribution is -0.133. The zero-order chi connectivity index (χ0) is 22.1. The molecule has 1 unspecified atom stereocenters. The highest BCUT2D eigenvalue weighted by molar-refractivity contribution is 5.92. The van der Waals surface area contributed by atoms with Gasteiger partial charge in [-0.2, -0.15) is 0 Å². The van der Waals surface area contributed by atoms with Gasteiger partial charge in [-0.15, -0.1) is 0 Å². The Bertz CT molecular complexity index is 976. The number of nitrogens with zero attached hydrogens (tertiary/aromatic N) is 4. The number of carbonyl (C=O) groups is 2. The van der Waals surface area contributed by atoms with E-state index in [1.165, 1.54) is 11.1 Å². The second-order valence-electron chi connectivity index (χ2n) is 9.66. The fourth-order valence-electron chi connectivity index (χ4n) is 5.87. The zero-order valence-electron chi connectivity index (χ0n) is 18.9. The van der Waals surface area contributed by atoms with Crippen LogP contribution in [-0.4, -0.2) is 77.8 Å². The molecular formula is C26H32N4O2. The van der Waals surface area contributed by atoms with E-state index in [1.54, 1.807) is 12.3 Å². The van der Waals surface area contributed by atoms with E-state index < -0.39 is 0 Å². The van der Waals surface area contributed by atoms with Crippen molar-refractivity contribution in [1.29, 1.82) is 0 Å². The third kappa shape index (κ3) is 3.92. The first-order valence-corrected chi connectivity index (χ1v) is 11.8. The quantitative estimate of drug-likeness (QED) is 0.748. The van der Waals surface area contributed by atoms with E-state index in [0.717, 1.165) is 58.5 Å². The van der Waals surface area contributed by atoms with E-state index in [1.807, 2.05) is 21.9 Å². The van der Waals surface area contributed by atoms with Crippen molar-refractivity contribution < 1.29 is 9.59 Å². The van der Waals surface area contributed by atoms with Gasteiger partial charge in [-0.25, -0.2) is 0 Å². The number of piperazine rings is 1. The number of pyridine rings is 1. The first-order chi connectivity index (χ1) is 15.6. The molecule has 2 aromatic rings. The summed E-state index contributed by atoms with van der Waals surface area (Å²) in [6.45, 7) is 5.05. The second kappa shape index (κ2) is 8.66. The molecule has 2 saturated heterocycles. The molecule has 2 fully saturated rings. The predicted octanol–water partition coefficient (Wildman–Crippen LogP) is 2.91. The number of piperidine rings is 1. The smallest absolute Gasteiger partial charge is 0.272 e. The van der Waals surface area contributed by atoms with Crippen LogP contribution in [0.2, 0.25) is 0 Å². The summed E-state index contributed by atoms with van der Waals surface area (Å²) in [6, 6.07) is 14.2. The summed E-state index contributed by atoms with van der Waals surface area (Å²) in [5.74, 6) is 0.586. The second-order valence-corrected chi connectivity index (χ2v) is 9.66. The number of benzene rings is 1. The van der Waals surface area contributed by atoms with Crippen molar-refractivity contribution in [2.24, 2.45) is 0 Å². The minimum Gasteiger partial charge on any atom is -0.340 e. The average Bonchev–Trinajstić information content (AvgIpc) is 3.13. The predicted molar refractivity (Wildman–Crippen MR) is 124 cm³/mol. The van der Waals surface area contributed by atoms with E-state index in [2.05, 4.69) is 41.2 Å². The number of hydrogen-bond acceptors (Lipinski definition) is 4. The molecule has 1 aromatic heterocycles. The Morgan fingerprint density at radius 1 is 0.938 bits per heavy atom. The molecule has 0 saturated carbocycles. The molecule has 32 heavy (non-hydrogen) atoms. The third-order valence-electron chi connectivity index (χ3n) is 7.78. The van der Waals surface area contributed by atoms with Crippen molar-refractivity contribution in [3.05, 3.63) is 65.5 Å². The van der Waals surface area contributed by atoms with E-state index in [0.29, 0.717) is 12.1 Å². The van der Waals surface area contributed by atoms with Crippen molar-refractivity contribution in [2.45, 2.75) is 37.0 Å². The van der Waals surface area contributed by atoms with E-state index in [-0.39, 0.29) is 23.1 Å². The van der Waals surface area contributed by atoms with Crippen molar-refractivity contribution in [3.63, 3.8) is 0 Å². The summed E-state index contributed by atoms with van der Waals surface area (Å²) < 4.78 is 0. The Balaban J connectivity index is 1.29. The largest absolute Gasteiger partial charge is 0.340 e. The average molecular weight is 433 g/mol. The van der Waals surface area contributed by atoms with Crippen LogP contribution in [0, 0.1) is 0 Å². The first kappa shape index (κ1) is 21.1. The van der Waals surface area contributed by atoms with Gasteiger partial charge in [0, 0.05) is 51.9 Å². The SMILES string of the molecule is CN1CCN(C(=O)CC2CC3(CCN(C(=O)c4ccccn4)CC3)c3ccccc32)CC1. The van der Waals surface area contributed by atoms with Crippen LogP contribution in [0.3, 0.4) is 0 Å². The Kier molecular flexibility index (Phi) is 5.72. The van der Waals surface area contributed by atoms with E-state index >= 15 is 0 Å². The number of fused-ring (bicyclic) bond motifs is 2. The van der Waals surface area contributed by atoms with Crippen LogP contribution in [0.15, 0.2) is 48.7 Å². The molecule has 3 aliphatic rings. The molecule has 168 valence electrons. The number of aromatic nitrogens is 1. The van der Waals surface area contributed by atoms with Gasteiger partial charge in [0.05, 0.1) is 0 Å². The molecule has 1 atom stereocenters. The summed E-state index contributed by atoms with van der Waals surface area (Å²) in [4.78, 5) is 36.5. The fraction of sp³-hybridized carbons (Fsp3) is 0.500. The van der Waals surface area contributed by atoms with Crippen LogP contribution in [-0.2, 0) is 10.2 Å². The Morgan fingerprint density at radius 3 is 2.38 bits per heavy atom. The maximum Gasteiger partial charge on any atom is 0.272 e. The van der Waals surface area contributed by atoms with Crippen molar-refractivity contribution in [2.75, 3.05) is 46.3 Å². The summed E-state index contributed by atoms with van der Waals surface area (Å²) in [5, 5.41) is 0. The summed E-state index contributed by atoms with van der Waals surface area (Å²) in [7, 11) is 2.11. The normalized spacial score (nSPS) is 22.7. The maximum absolute atomic E-state index is 13.1. The standard InChI is InChI=1S/C26H32N4O2/c1-28-14-16-29(17-15-28)24(31)18-20-19-26(22-7-3-2-6-21(20)22)9-12-30(13-10-26)25(32)23-8-4-5-11-27-23/h2-8,11,20H,9-10,12-19H2,1H3. The summed E-state index contributed by atoms with van der Waals surface area (Å²) >= 11 is 0. The highest BCUT2D eigenvalue weighted by Crippen LogP contribution is 2.52. The Hall–Kier alpha value is -2.73. The molecule has 1 spiro atoms. The van der Waals surface area contributed by atoms with Gasteiger partial charge < -0.3 is 14.7 Å². The molecule has 1 aromatic carbocycles. The van der Waals surface area contributed by atoms with Crippen LogP contribution in [0.25, 0.3) is 0 Å². The van der Waals surface area contributed by atoms with E-state index in [9.17, 15) is 9.59 Å². The summed E-state index contributed by atoms with van der Waals surface area (Å²) in [5.41, 5.74) is 3.34. The Labute approximate surface area is 190 Å². The van der Waals surface area contributed by atoms with Crippen LogP contribution >= 0.6 is 0 Å². The van der Waals surface area contributed by atoms with Crippen molar-refractivity contribution >= 4 is 11.8 Å². The van der Waals surface area contributed by atoms with Crippen LogP contribution in [0.4, 0.5) is 0 Å². The molecule has 0 bridgehead atoms. The van der Waals surface area contributed by atoms with Gasteiger partial charge in [0.1, 0.15) is 5.69 Å². The van der Waals surface area contributed by atoms with Crippen LogP contribution in [0.1, 0.15) is 53.2 Å². The van der Waals surface area contributed by atoms with E-state index in [4.69, 9.17) is 0 Å². The third-order valence-corrected chi connectivity index (χ3v) is 7.78. The molecule has 0 radical (unpaired) electrons. The lowest BCUT2D eigenvalue weighted by Gasteiger charge is -2.40. The van der Waals surface area contributed by atoms with Crippen molar-refractivity contribution in [1.82, 2.24) is 19.7 Å². The molecule has 6 heteroatoms. The fourth-order valence-corrected chi connectivity index (χ4v) is 5.87. The van der Waals surface area contributed by atoms with Gasteiger partial charge in [0.2, 0.25) is 5.91 Å². The Morgan fingerprint density at radius 2 is 1.66 bits per heavy atom. The summed E-state index contributed by atoms with van der Waals surface area (Å²) in [6.07, 6.45) is 5.17. The monoisotopic (exact) mass is 432 g/mol. The number of likely N-dealkylation sites (tertiary alicyclic amines) is 1. The number of carbonyl (C=O) groups excluding carboxylic acids is 2. The van der Waals surface area contributed by atoms with Gasteiger partial charge >= 0.3 is 0 Å². The molecular weight excluding hydrogens is 400 g/mol. The van der Waals surface area contributed by atoms with Crippen LogP contribution < -0.4 is 0 Å². The first-order valence-electron chi connectivity index (χ1n) is 11.8. The highest BCUT2D eigenvalue weighted by Gasteiger charge is 2.46. The van der Waals surface area contributed by atoms with Crippen LogP contribution in [0.5, 0.6) is 0 Å².